The predicted octanol–water partition coefficient (Wildman–Crippen LogP) is 3.13. The van der Waals surface area contributed by atoms with E-state index in [0.717, 1.165) is 22.2 Å². The number of hydrazine groups is 1. The van der Waals surface area contributed by atoms with Gasteiger partial charge in [-0.2, -0.15) is 0 Å². The van der Waals surface area contributed by atoms with Gasteiger partial charge in [0.15, 0.2) is 0 Å². The highest BCUT2D eigenvalue weighted by atomic mass is 35.5. The number of carbonyl (C=O) groups is 2. The highest BCUT2D eigenvalue weighted by Crippen LogP contribution is 2.22. The summed E-state index contributed by atoms with van der Waals surface area (Å²) < 4.78 is 0. The first-order chi connectivity index (χ1) is 11.5. The molecule has 3 aromatic rings. The van der Waals surface area contributed by atoms with E-state index in [4.69, 9.17) is 11.6 Å². The van der Waals surface area contributed by atoms with Gasteiger partial charge in [-0.05, 0) is 42.8 Å². The van der Waals surface area contributed by atoms with Crippen molar-refractivity contribution in [3.8, 4) is 0 Å². The molecule has 3 rings (SSSR count). The van der Waals surface area contributed by atoms with E-state index in [9.17, 15) is 9.59 Å². The Kier molecular flexibility index (Phi) is 4.53. The molecule has 0 bridgehead atoms. The van der Waals surface area contributed by atoms with E-state index in [2.05, 4.69) is 15.8 Å². The molecule has 0 aliphatic rings. The number of amides is 2. The maximum absolute atomic E-state index is 12.1. The van der Waals surface area contributed by atoms with Crippen LogP contribution in [0.2, 0.25) is 5.02 Å². The number of rotatable bonds is 3. The van der Waals surface area contributed by atoms with Gasteiger partial charge in [0.1, 0.15) is 0 Å². The Balaban J connectivity index is 1.64. The summed E-state index contributed by atoms with van der Waals surface area (Å²) in [7, 11) is 0. The average molecular weight is 342 g/mol. The minimum atomic E-state index is -0.393. The van der Waals surface area contributed by atoms with Gasteiger partial charge in [-0.1, -0.05) is 29.8 Å². The van der Waals surface area contributed by atoms with Crippen molar-refractivity contribution in [1.82, 2.24) is 15.8 Å². The molecule has 0 aliphatic heterocycles. The second-order valence-electron chi connectivity index (χ2n) is 5.46. The molecule has 3 N–H and O–H groups in total. The summed E-state index contributed by atoms with van der Waals surface area (Å²) in [6.07, 6.45) is 0.177. The summed E-state index contributed by atoms with van der Waals surface area (Å²) in [6.45, 7) is 1.93. The van der Waals surface area contributed by atoms with E-state index < -0.39 is 5.91 Å². The standard InChI is InChI=1S/C18H16ClN3O2/c1-11-15(14-4-2-3-5-16(14)20-11)10-17(23)21-22-18(24)12-6-8-13(19)9-7-12/h2-9,20H,10H2,1H3,(H,21,23)(H,22,24). The molecule has 2 amide bonds. The SMILES string of the molecule is Cc1[nH]c2ccccc2c1CC(=O)NNC(=O)c1ccc(Cl)cc1. The molecule has 1 aromatic heterocycles. The van der Waals surface area contributed by atoms with Gasteiger partial charge in [-0.15, -0.1) is 0 Å². The molecular weight excluding hydrogens is 326 g/mol. The van der Waals surface area contributed by atoms with Crippen LogP contribution >= 0.6 is 11.6 Å². The summed E-state index contributed by atoms with van der Waals surface area (Å²) in [4.78, 5) is 27.4. The van der Waals surface area contributed by atoms with Gasteiger partial charge in [0.2, 0.25) is 5.91 Å². The van der Waals surface area contributed by atoms with Crippen molar-refractivity contribution in [1.29, 1.82) is 0 Å². The molecule has 0 unspecified atom stereocenters. The number of aromatic amines is 1. The summed E-state index contributed by atoms with van der Waals surface area (Å²) in [5.74, 6) is -0.680. The van der Waals surface area contributed by atoms with E-state index in [0.29, 0.717) is 10.6 Å². The molecule has 0 fully saturated rings. The lowest BCUT2D eigenvalue weighted by Gasteiger charge is -2.08. The van der Waals surface area contributed by atoms with Crippen molar-refractivity contribution in [2.24, 2.45) is 0 Å². The second kappa shape index (κ2) is 6.76. The summed E-state index contributed by atoms with van der Waals surface area (Å²) in [5, 5.41) is 1.56. The van der Waals surface area contributed by atoms with Gasteiger partial charge in [0.25, 0.3) is 5.91 Å². The predicted molar refractivity (Wildman–Crippen MR) is 93.8 cm³/mol. The number of aryl methyl sites for hydroxylation is 1. The zero-order valence-corrected chi connectivity index (χ0v) is 13.8. The number of hydrogen-bond donors (Lipinski definition) is 3. The molecule has 2 aromatic carbocycles. The minimum absolute atomic E-state index is 0.177. The first kappa shape index (κ1) is 16.1. The first-order valence-corrected chi connectivity index (χ1v) is 7.83. The van der Waals surface area contributed by atoms with Crippen LogP contribution < -0.4 is 10.9 Å². The molecule has 0 atom stereocenters. The van der Waals surface area contributed by atoms with Crippen LogP contribution in [0.15, 0.2) is 48.5 Å². The van der Waals surface area contributed by atoms with Crippen molar-refractivity contribution in [3.63, 3.8) is 0 Å². The number of halogens is 1. The van der Waals surface area contributed by atoms with Crippen LogP contribution in [0.4, 0.5) is 0 Å². The molecule has 0 aliphatic carbocycles. The van der Waals surface area contributed by atoms with Gasteiger partial charge < -0.3 is 4.98 Å². The Hall–Kier alpha value is -2.79. The number of H-pyrrole nitrogens is 1. The van der Waals surface area contributed by atoms with Crippen LogP contribution in [0, 0.1) is 6.92 Å². The average Bonchev–Trinajstić information content (AvgIpc) is 2.89. The van der Waals surface area contributed by atoms with E-state index in [1.165, 1.54) is 0 Å². The third-order valence-corrected chi connectivity index (χ3v) is 4.04. The number of para-hydroxylation sites is 1. The molecule has 0 saturated carbocycles. The number of benzene rings is 2. The van der Waals surface area contributed by atoms with Crippen LogP contribution in [0.5, 0.6) is 0 Å². The van der Waals surface area contributed by atoms with Crippen molar-refractivity contribution in [2.75, 3.05) is 0 Å². The summed E-state index contributed by atoms with van der Waals surface area (Å²) in [5.41, 5.74) is 8.12. The van der Waals surface area contributed by atoms with Gasteiger partial charge in [-0.25, -0.2) is 0 Å². The molecule has 5 nitrogen and oxygen atoms in total. The van der Waals surface area contributed by atoms with E-state index in [1.54, 1.807) is 24.3 Å². The highest BCUT2D eigenvalue weighted by molar-refractivity contribution is 6.30. The molecule has 122 valence electrons. The molecule has 0 saturated heterocycles. The Morgan fingerprint density at radius 2 is 1.75 bits per heavy atom. The highest BCUT2D eigenvalue weighted by Gasteiger charge is 2.13. The minimum Gasteiger partial charge on any atom is -0.358 e. The second-order valence-corrected chi connectivity index (χ2v) is 5.90. The number of nitrogens with one attached hydrogen (secondary N) is 3. The smallest absolute Gasteiger partial charge is 0.269 e. The Morgan fingerprint density at radius 1 is 1.04 bits per heavy atom. The van der Waals surface area contributed by atoms with Gasteiger partial charge in [0.05, 0.1) is 6.42 Å². The van der Waals surface area contributed by atoms with Crippen LogP contribution in [-0.4, -0.2) is 16.8 Å². The topological polar surface area (TPSA) is 74.0 Å². The van der Waals surface area contributed by atoms with E-state index >= 15 is 0 Å². The molecule has 1 heterocycles. The maximum atomic E-state index is 12.1. The summed E-state index contributed by atoms with van der Waals surface area (Å²) >= 11 is 5.78. The molecule has 6 heteroatoms. The third-order valence-electron chi connectivity index (χ3n) is 3.79. The number of fused-ring (bicyclic) bond motifs is 1. The van der Waals surface area contributed by atoms with Gasteiger partial charge >= 0.3 is 0 Å². The lowest BCUT2D eigenvalue weighted by molar-refractivity contribution is -0.121. The Bertz CT molecular complexity index is 900. The van der Waals surface area contributed by atoms with Crippen molar-refractivity contribution < 1.29 is 9.59 Å². The fourth-order valence-corrected chi connectivity index (χ4v) is 2.69. The largest absolute Gasteiger partial charge is 0.358 e. The van der Waals surface area contributed by atoms with Crippen molar-refractivity contribution >= 4 is 34.3 Å². The number of aromatic nitrogens is 1. The van der Waals surface area contributed by atoms with Crippen LogP contribution in [0.3, 0.4) is 0 Å². The van der Waals surface area contributed by atoms with Gasteiger partial charge in [-0.3, -0.25) is 20.4 Å². The van der Waals surface area contributed by atoms with Crippen molar-refractivity contribution in [2.45, 2.75) is 13.3 Å². The zero-order valence-electron chi connectivity index (χ0n) is 13.0. The fourth-order valence-electron chi connectivity index (χ4n) is 2.57. The lowest BCUT2D eigenvalue weighted by atomic mass is 10.1. The van der Waals surface area contributed by atoms with Gasteiger partial charge in [0, 0.05) is 27.2 Å². The first-order valence-electron chi connectivity index (χ1n) is 7.45. The molecule has 0 radical (unpaired) electrons. The zero-order chi connectivity index (χ0) is 17.1. The Labute approximate surface area is 144 Å². The monoisotopic (exact) mass is 341 g/mol. The lowest BCUT2D eigenvalue weighted by Crippen LogP contribution is -2.42. The van der Waals surface area contributed by atoms with Crippen LogP contribution in [0.25, 0.3) is 10.9 Å². The Morgan fingerprint density at radius 3 is 2.50 bits per heavy atom. The molecular formula is C18H16ClN3O2. The number of hydrogen-bond acceptors (Lipinski definition) is 2. The van der Waals surface area contributed by atoms with Crippen LogP contribution in [-0.2, 0) is 11.2 Å². The molecule has 24 heavy (non-hydrogen) atoms. The molecule has 0 spiro atoms. The normalized spacial score (nSPS) is 10.6. The van der Waals surface area contributed by atoms with E-state index in [1.807, 2.05) is 31.2 Å². The fraction of sp³-hybridized carbons (Fsp3) is 0.111. The quantitative estimate of drug-likeness (QED) is 0.640. The third kappa shape index (κ3) is 3.41. The van der Waals surface area contributed by atoms with E-state index in [-0.39, 0.29) is 12.3 Å². The van der Waals surface area contributed by atoms with Crippen molar-refractivity contribution in [3.05, 3.63) is 70.4 Å². The summed E-state index contributed by atoms with van der Waals surface area (Å²) in [6, 6.07) is 14.2. The maximum Gasteiger partial charge on any atom is 0.269 e. The number of carbonyl (C=O) groups excluding carboxylic acids is 2. The van der Waals surface area contributed by atoms with Crippen LogP contribution in [0.1, 0.15) is 21.6 Å².